The Bertz CT molecular complexity index is 1030. The Morgan fingerprint density at radius 1 is 1.14 bits per heavy atom. The average Bonchev–Trinajstić information content (AvgIpc) is 2.97. The number of hydrogen-bond donors (Lipinski definition) is 0. The Morgan fingerprint density at radius 3 is 2.32 bits per heavy atom. The first-order valence-corrected chi connectivity index (χ1v) is 8.28. The van der Waals surface area contributed by atoms with E-state index in [-0.39, 0.29) is 11.8 Å². The number of esters is 1. The summed E-state index contributed by atoms with van der Waals surface area (Å²) in [7, 11) is 1.41. The topological polar surface area (TPSA) is 79.1 Å². The molecule has 2 aromatic heterocycles. The maximum absolute atomic E-state index is 12.8. The number of rotatable bonds is 4. The lowest BCUT2D eigenvalue weighted by Crippen LogP contribution is -2.11. The lowest BCUT2D eigenvalue weighted by molar-refractivity contribution is -0.137. The average molecular weight is 394 g/mol. The Balaban J connectivity index is 2.14. The molecule has 0 aliphatic carbocycles. The van der Waals surface area contributed by atoms with Crippen LogP contribution in [0.1, 0.15) is 36.8 Å². The van der Waals surface area contributed by atoms with Crippen LogP contribution in [0.5, 0.6) is 11.8 Å². The molecule has 7 nitrogen and oxygen atoms in total. The number of aryl methyl sites for hydroxylation is 1. The van der Waals surface area contributed by atoms with Crippen LogP contribution >= 0.6 is 0 Å². The van der Waals surface area contributed by atoms with Gasteiger partial charge in [0.15, 0.2) is 5.65 Å². The zero-order valence-corrected chi connectivity index (χ0v) is 15.5. The molecule has 0 aliphatic heterocycles. The number of nitrogens with zero attached hydrogens (tertiary/aromatic N) is 4. The monoisotopic (exact) mass is 394 g/mol. The second-order valence-corrected chi connectivity index (χ2v) is 6.12. The van der Waals surface area contributed by atoms with Gasteiger partial charge in [0.05, 0.1) is 18.7 Å². The summed E-state index contributed by atoms with van der Waals surface area (Å²) in [5.74, 6) is -0.0291. The van der Waals surface area contributed by atoms with Gasteiger partial charge in [-0.25, -0.2) is 9.67 Å². The van der Waals surface area contributed by atoms with Crippen LogP contribution in [0, 0.1) is 6.92 Å². The number of alkyl halides is 3. The van der Waals surface area contributed by atoms with Crippen molar-refractivity contribution < 1.29 is 27.4 Å². The Kier molecular flexibility index (Phi) is 4.97. The molecule has 1 aromatic carbocycles. The van der Waals surface area contributed by atoms with Gasteiger partial charge in [0, 0.05) is 6.92 Å². The van der Waals surface area contributed by atoms with Crippen LogP contribution in [0.25, 0.3) is 11.0 Å². The van der Waals surface area contributed by atoms with E-state index in [1.165, 1.54) is 30.8 Å². The number of carbonyl (C=O) groups is 1. The summed E-state index contributed by atoms with van der Waals surface area (Å²) in [6.45, 7) is 4.63. The molecule has 0 saturated heterocycles. The predicted octanol–water partition coefficient (Wildman–Crippen LogP) is 3.70. The van der Waals surface area contributed by atoms with Crippen LogP contribution in [-0.4, -0.2) is 32.8 Å². The number of aromatic nitrogens is 4. The molecular formula is C18H17F3N4O3. The fourth-order valence-corrected chi connectivity index (χ4v) is 2.80. The molecular weight excluding hydrogens is 377 g/mol. The van der Waals surface area contributed by atoms with Crippen LogP contribution in [0.2, 0.25) is 0 Å². The maximum Gasteiger partial charge on any atom is 0.416 e. The summed E-state index contributed by atoms with van der Waals surface area (Å²) in [5, 5.41) is 4.60. The van der Waals surface area contributed by atoms with Crippen LogP contribution in [0.3, 0.4) is 0 Å². The van der Waals surface area contributed by atoms with E-state index in [0.717, 1.165) is 12.1 Å². The molecule has 0 bridgehead atoms. The number of fused-ring (bicyclic) bond motifs is 1. The number of benzene rings is 1. The molecule has 28 heavy (non-hydrogen) atoms. The number of methoxy groups -OCH3 is 1. The Labute approximate surface area is 158 Å². The number of halogens is 3. The standard InChI is InChI=1S/C18H17F3N4O3/c1-9(12-5-7-13(8-6-12)18(19,20)21)25-15-14(17(24-25)28-11(3)26)16(27-4)23-10(2)22-15/h5-9H,1-4H3. The highest BCUT2D eigenvalue weighted by Crippen LogP contribution is 2.35. The van der Waals surface area contributed by atoms with Crippen molar-refractivity contribution >= 4 is 17.0 Å². The molecule has 0 saturated carbocycles. The first-order valence-electron chi connectivity index (χ1n) is 8.28. The molecule has 0 aliphatic rings. The number of ether oxygens (including phenoxy) is 2. The zero-order chi connectivity index (χ0) is 20.6. The Morgan fingerprint density at radius 2 is 1.79 bits per heavy atom. The van der Waals surface area contributed by atoms with Gasteiger partial charge in [-0.15, -0.1) is 5.10 Å². The van der Waals surface area contributed by atoms with E-state index in [9.17, 15) is 18.0 Å². The van der Waals surface area contributed by atoms with Gasteiger partial charge in [0.2, 0.25) is 5.88 Å². The van der Waals surface area contributed by atoms with Crippen molar-refractivity contribution in [2.75, 3.05) is 7.11 Å². The van der Waals surface area contributed by atoms with Gasteiger partial charge in [0.25, 0.3) is 5.88 Å². The summed E-state index contributed by atoms with van der Waals surface area (Å²) >= 11 is 0. The molecule has 10 heteroatoms. The molecule has 148 valence electrons. The second kappa shape index (κ2) is 7.10. The molecule has 1 unspecified atom stereocenters. The van der Waals surface area contributed by atoms with E-state index in [1.54, 1.807) is 13.8 Å². The molecule has 3 aromatic rings. The highest BCUT2D eigenvalue weighted by Gasteiger charge is 2.30. The van der Waals surface area contributed by atoms with Crippen molar-refractivity contribution in [1.29, 1.82) is 0 Å². The minimum atomic E-state index is -4.42. The van der Waals surface area contributed by atoms with Crippen molar-refractivity contribution in [2.24, 2.45) is 0 Å². The first-order chi connectivity index (χ1) is 13.1. The van der Waals surface area contributed by atoms with E-state index >= 15 is 0 Å². The largest absolute Gasteiger partial charge is 0.480 e. The van der Waals surface area contributed by atoms with Crippen LogP contribution in [0.15, 0.2) is 24.3 Å². The summed E-state index contributed by atoms with van der Waals surface area (Å²) < 4.78 is 50.3. The van der Waals surface area contributed by atoms with E-state index in [2.05, 4.69) is 15.1 Å². The van der Waals surface area contributed by atoms with Gasteiger partial charge in [-0.3, -0.25) is 4.79 Å². The molecule has 2 heterocycles. The molecule has 1 atom stereocenters. The fraction of sp³-hybridized carbons (Fsp3) is 0.333. The van der Waals surface area contributed by atoms with Crippen molar-refractivity contribution in [1.82, 2.24) is 19.7 Å². The first kappa shape index (κ1) is 19.6. The van der Waals surface area contributed by atoms with E-state index in [0.29, 0.717) is 22.4 Å². The summed E-state index contributed by atoms with van der Waals surface area (Å²) in [4.78, 5) is 20.0. The second-order valence-electron chi connectivity index (χ2n) is 6.12. The minimum absolute atomic E-state index is 0.0295. The van der Waals surface area contributed by atoms with Crippen molar-refractivity contribution in [3.8, 4) is 11.8 Å². The van der Waals surface area contributed by atoms with Crippen molar-refractivity contribution in [3.63, 3.8) is 0 Å². The number of hydrogen-bond acceptors (Lipinski definition) is 6. The van der Waals surface area contributed by atoms with Crippen LogP contribution < -0.4 is 9.47 Å². The quantitative estimate of drug-likeness (QED) is 0.628. The van der Waals surface area contributed by atoms with Gasteiger partial charge in [0.1, 0.15) is 11.2 Å². The van der Waals surface area contributed by atoms with E-state index < -0.39 is 23.8 Å². The fourth-order valence-electron chi connectivity index (χ4n) is 2.80. The summed E-state index contributed by atoms with van der Waals surface area (Å²) in [6, 6.07) is 4.26. The molecule has 0 spiro atoms. The normalized spacial score (nSPS) is 12.8. The van der Waals surface area contributed by atoms with Gasteiger partial charge in [-0.1, -0.05) is 12.1 Å². The lowest BCUT2D eigenvalue weighted by Gasteiger charge is -2.15. The summed E-state index contributed by atoms with van der Waals surface area (Å²) in [5.41, 5.74) is 0.171. The molecule has 0 radical (unpaired) electrons. The van der Waals surface area contributed by atoms with Gasteiger partial charge >= 0.3 is 12.1 Å². The molecule has 0 amide bonds. The van der Waals surface area contributed by atoms with Gasteiger partial charge in [-0.05, 0) is 31.5 Å². The minimum Gasteiger partial charge on any atom is -0.480 e. The third-order valence-corrected chi connectivity index (χ3v) is 4.12. The van der Waals surface area contributed by atoms with Crippen LogP contribution in [0.4, 0.5) is 13.2 Å². The maximum atomic E-state index is 12.8. The third kappa shape index (κ3) is 3.62. The third-order valence-electron chi connectivity index (χ3n) is 4.12. The van der Waals surface area contributed by atoms with Crippen LogP contribution in [-0.2, 0) is 11.0 Å². The molecule has 0 N–H and O–H groups in total. The lowest BCUT2D eigenvalue weighted by atomic mass is 10.1. The number of carbonyl (C=O) groups excluding carboxylic acids is 1. The SMILES string of the molecule is COc1nc(C)nc2c1c(OC(C)=O)nn2C(C)c1ccc(C(F)(F)F)cc1. The predicted molar refractivity (Wildman–Crippen MR) is 93.2 cm³/mol. The molecule has 0 fully saturated rings. The molecule has 3 rings (SSSR count). The Hall–Kier alpha value is -3.17. The summed E-state index contributed by atoms with van der Waals surface area (Å²) in [6.07, 6.45) is -4.42. The van der Waals surface area contributed by atoms with Gasteiger partial charge < -0.3 is 9.47 Å². The smallest absolute Gasteiger partial charge is 0.416 e. The van der Waals surface area contributed by atoms with E-state index in [4.69, 9.17) is 9.47 Å². The van der Waals surface area contributed by atoms with E-state index in [1.807, 2.05) is 0 Å². The van der Waals surface area contributed by atoms with Crippen molar-refractivity contribution in [3.05, 3.63) is 41.2 Å². The highest BCUT2D eigenvalue weighted by molar-refractivity contribution is 5.88. The highest BCUT2D eigenvalue weighted by atomic mass is 19.4. The van der Waals surface area contributed by atoms with Gasteiger partial charge in [-0.2, -0.15) is 18.2 Å². The van der Waals surface area contributed by atoms with Crippen molar-refractivity contribution in [2.45, 2.75) is 33.0 Å². The zero-order valence-electron chi connectivity index (χ0n) is 15.5.